The van der Waals surface area contributed by atoms with E-state index in [1.165, 1.54) is 0 Å². The summed E-state index contributed by atoms with van der Waals surface area (Å²) in [5.41, 5.74) is 5.07. The number of imidazole rings is 1. The van der Waals surface area contributed by atoms with E-state index in [2.05, 4.69) is 20.7 Å². The number of imide groups is 1. The van der Waals surface area contributed by atoms with Crippen molar-refractivity contribution in [2.24, 2.45) is 0 Å². The molecule has 8 nitrogen and oxygen atoms in total. The molecule has 3 N–H and O–H groups in total. The molecule has 2 heterocycles. The molecule has 1 saturated heterocycles. The molecule has 4 amide bonds. The summed E-state index contributed by atoms with van der Waals surface area (Å²) >= 11 is 1.56. The van der Waals surface area contributed by atoms with Crippen LogP contribution in [0.25, 0.3) is 11.0 Å². The van der Waals surface area contributed by atoms with Crippen LogP contribution in [0, 0.1) is 0 Å². The van der Waals surface area contributed by atoms with Crippen LogP contribution in [0.5, 0.6) is 0 Å². The minimum Gasteiger partial charge on any atom is -0.333 e. The first-order chi connectivity index (χ1) is 16.4. The van der Waals surface area contributed by atoms with Crippen LogP contribution in [0.3, 0.4) is 0 Å². The number of fused-ring (bicyclic) bond motifs is 1. The number of nitrogens with one attached hydrogen (secondary N) is 3. The minimum absolute atomic E-state index is 0.339. The summed E-state index contributed by atoms with van der Waals surface area (Å²) in [5, 5.41) is 4.22. The fourth-order valence-electron chi connectivity index (χ4n) is 3.78. The first-order valence-electron chi connectivity index (χ1n) is 10.6. The van der Waals surface area contributed by atoms with Crippen molar-refractivity contribution in [3.63, 3.8) is 0 Å². The van der Waals surface area contributed by atoms with Gasteiger partial charge in [0.05, 0.1) is 11.0 Å². The van der Waals surface area contributed by atoms with Gasteiger partial charge in [0.2, 0.25) is 0 Å². The fraction of sp³-hybridized carbons (Fsp3) is 0.120. The Morgan fingerprint density at radius 2 is 1.71 bits per heavy atom. The third-order valence-corrected chi connectivity index (χ3v) is 6.66. The van der Waals surface area contributed by atoms with Gasteiger partial charge < -0.3 is 10.3 Å². The van der Waals surface area contributed by atoms with Gasteiger partial charge in [-0.1, -0.05) is 66.4 Å². The second-order valence-corrected chi connectivity index (χ2v) is 9.01. The van der Waals surface area contributed by atoms with Crippen LogP contribution in [0.2, 0.25) is 0 Å². The number of aromatic nitrogens is 2. The highest BCUT2D eigenvalue weighted by atomic mass is 32.2. The summed E-state index contributed by atoms with van der Waals surface area (Å²) in [6.07, 6.45) is 0. The molecule has 1 aliphatic heterocycles. The van der Waals surface area contributed by atoms with Crippen LogP contribution in [0.4, 0.5) is 4.79 Å². The second kappa shape index (κ2) is 8.68. The van der Waals surface area contributed by atoms with Crippen molar-refractivity contribution >= 4 is 40.6 Å². The number of hydrogen-bond acceptors (Lipinski definition) is 5. The van der Waals surface area contributed by atoms with Gasteiger partial charge in [0.25, 0.3) is 11.8 Å². The second-order valence-electron chi connectivity index (χ2n) is 8.05. The Balaban J connectivity index is 1.23. The number of hydrazine groups is 1. The van der Waals surface area contributed by atoms with Crippen molar-refractivity contribution in [1.82, 2.24) is 25.7 Å². The van der Waals surface area contributed by atoms with Gasteiger partial charge in [-0.2, -0.15) is 5.01 Å². The quantitative estimate of drug-likeness (QED) is 0.291. The lowest BCUT2D eigenvalue weighted by Gasteiger charge is -2.22. The number of rotatable bonds is 6. The van der Waals surface area contributed by atoms with Gasteiger partial charge in [-0.3, -0.25) is 15.0 Å². The van der Waals surface area contributed by atoms with Crippen molar-refractivity contribution in [2.45, 2.75) is 23.4 Å². The Bertz CT molecular complexity index is 1350. The zero-order chi connectivity index (χ0) is 23.7. The molecule has 9 heteroatoms. The van der Waals surface area contributed by atoms with E-state index in [1.807, 2.05) is 42.5 Å². The number of nitrogens with zero attached hydrogens (tertiary/aromatic N) is 2. The molecule has 170 valence electrons. The van der Waals surface area contributed by atoms with Gasteiger partial charge in [-0.05, 0) is 42.3 Å². The molecule has 0 radical (unpaired) electrons. The van der Waals surface area contributed by atoms with Gasteiger partial charge in [-0.25, -0.2) is 9.78 Å². The standard InChI is InChI=1S/C25H21N5O3S/c1-25(18-7-3-2-4-8-18)22(32)30(24(33)28-25)29-21(31)17-13-11-16(12-14-17)15-34-23-26-19-9-5-6-10-20(19)27-23/h2-14H,15H2,1H3,(H,26,27)(H,28,33)(H,29,31)/t25-/m1/s1. The Labute approximate surface area is 199 Å². The lowest BCUT2D eigenvalue weighted by atomic mass is 9.92. The van der Waals surface area contributed by atoms with E-state index in [9.17, 15) is 14.4 Å². The summed E-state index contributed by atoms with van der Waals surface area (Å²) in [6.45, 7) is 1.61. The molecule has 4 aromatic rings. The molecule has 34 heavy (non-hydrogen) atoms. The Morgan fingerprint density at radius 3 is 2.44 bits per heavy atom. The van der Waals surface area contributed by atoms with E-state index in [-0.39, 0.29) is 0 Å². The number of H-pyrrole nitrogens is 1. The molecule has 3 aromatic carbocycles. The summed E-state index contributed by atoms with van der Waals surface area (Å²) < 4.78 is 0. The largest absolute Gasteiger partial charge is 0.344 e. The van der Waals surface area contributed by atoms with Crippen LogP contribution >= 0.6 is 11.8 Å². The van der Waals surface area contributed by atoms with Crippen LogP contribution in [0.1, 0.15) is 28.4 Å². The number of urea groups is 1. The molecule has 0 saturated carbocycles. The lowest BCUT2D eigenvalue weighted by Crippen LogP contribution is -2.47. The highest BCUT2D eigenvalue weighted by Crippen LogP contribution is 2.28. The maximum atomic E-state index is 13.0. The maximum Gasteiger partial charge on any atom is 0.344 e. The maximum absolute atomic E-state index is 13.0. The van der Waals surface area contributed by atoms with E-state index in [1.54, 1.807) is 55.1 Å². The Hall–Kier alpha value is -4.11. The number of carbonyl (C=O) groups excluding carboxylic acids is 3. The number of carbonyl (C=O) groups is 3. The zero-order valence-electron chi connectivity index (χ0n) is 18.2. The molecule has 1 fully saturated rings. The molecule has 1 aliphatic rings. The van der Waals surface area contributed by atoms with E-state index in [0.29, 0.717) is 16.9 Å². The van der Waals surface area contributed by atoms with Crippen molar-refractivity contribution in [1.29, 1.82) is 0 Å². The van der Waals surface area contributed by atoms with Crippen LogP contribution in [0.15, 0.2) is 84.0 Å². The van der Waals surface area contributed by atoms with Crippen molar-refractivity contribution in [2.75, 3.05) is 0 Å². The molecule has 1 aromatic heterocycles. The fourth-order valence-corrected chi connectivity index (χ4v) is 4.62. The lowest BCUT2D eigenvalue weighted by molar-refractivity contribution is -0.132. The summed E-state index contributed by atoms with van der Waals surface area (Å²) in [5.74, 6) is -0.419. The van der Waals surface area contributed by atoms with Gasteiger partial charge in [0, 0.05) is 11.3 Å². The van der Waals surface area contributed by atoms with Gasteiger partial charge in [-0.15, -0.1) is 0 Å². The van der Waals surface area contributed by atoms with Crippen molar-refractivity contribution < 1.29 is 14.4 Å². The van der Waals surface area contributed by atoms with Gasteiger partial charge in [0.1, 0.15) is 5.54 Å². The SMILES string of the molecule is C[C@]1(c2ccccc2)NC(=O)N(NC(=O)c2ccc(CSc3nc4ccccc4[nH]3)cc2)C1=O. The topological polar surface area (TPSA) is 107 Å². The molecular formula is C25H21N5O3S. The van der Waals surface area contributed by atoms with E-state index >= 15 is 0 Å². The zero-order valence-corrected chi connectivity index (χ0v) is 19.1. The third kappa shape index (κ3) is 4.01. The number of para-hydroxylation sites is 2. The average Bonchev–Trinajstić information content (AvgIpc) is 3.38. The predicted octanol–water partition coefficient (Wildman–Crippen LogP) is 3.97. The molecule has 0 spiro atoms. The molecular weight excluding hydrogens is 450 g/mol. The number of benzene rings is 3. The molecule has 0 aliphatic carbocycles. The first-order valence-corrected chi connectivity index (χ1v) is 11.6. The highest BCUT2D eigenvalue weighted by Gasteiger charge is 2.50. The van der Waals surface area contributed by atoms with Gasteiger partial charge in [0.15, 0.2) is 5.16 Å². The van der Waals surface area contributed by atoms with E-state index in [0.717, 1.165) is 26.8 Å². The normalized spacial score (nSPS) is 17.7. The monoisotopic (exact) mass is 471 g/mol. The average molecular weight is 472 g/mol. The summed E-state index contributed by atoms with van der Waals surface area (Å²) in [7, 11) is 0. The van der Waals surface area contributed by atoms with Crippen molar-refractivity contribution in [3.8, 4) is 0 Å². The van der Waals surface area contributed by atoms with Crippen LogP contribution in [-0.2, 0) is 16.1 Å². The van der Waals surface area contributed by atoms with E-state index in [4.69, 9.17) is 0 Å². The molecule has 0 unspecified atom stereocenters. The molecule has 0 bridgehead atoms. The Kier molecular flexibility index (Phi) is 5.54. The summed E-state index contributed by atoms with van der Waals surface area (Å²) in [6, 6.07) is 23.1. The number of amides is 4. The first kappa shape index (κ1) is 21.7. The predicted molar refractivity (Wildman–Crippen MR) is 129 cm³/mol. The molecule has 5 rings (SSSR count). The molecule has 1 atom stereocenters. The van der Waals surface area contributed by atoms with Crippen molar-refractivity contribution in [3.05, 3.63) is 95.6 Å². The third-order valence-electron chi connectivity index (χ3n) is 5.71. The van der Waals surface area contributed by atoms with Crippen LogP contribution < -0.4 is 10.7 Å². The highest BCUT2D eigenvalue weighted by molar-refractivity contribution is 7.98. The number of aromatic amines is 1. The van der Waals surface area contributed by atoms with E-state index < -0.39 is 23.4 Å². The van der Waals surface area contributed by atoms with Gasteiger partial charge >= 0.3 is 6.03 Å². The van der Waals surface area contributed by atoms with Crippen LogP contribution in [-0.4, -0.2) is 32.8 Å². The summed E-state index contributed by atoms with van der Waals surface area (Å²) in [4.78, 5) is 46.0. The Morgan fingerprint density at radius 1 is 1.00 bits per heavy atom. The number of thioether (sulfide) groups is 1. The smallest absolute Gasteiger partial charge is 0.333 e. The minimum atomic E-state index is -1.25. The number of hydrogen-bond donors (Lipinski definition) is 3.